The van der Waals surface area contributed by atoms with E-state index in [1.54, 1.807) is 0 Å². The quantitative estimate of drug-likeness (QED) is 0.638. The van der Waals surface area contributed by atoms with Gasteiger partial charge in [0.15, 0.2) is 0 Å². The van der Waals surface area contributed by atoms with E-state index in [1.807, 2.05) is 19.1 Å². The van der Waals surface area contributed by atoms with Crippen LogP contribution in [0.4, 0.5) is 10.1 Å². The molecule has 1 N–H and O–H groups in total. The largest absolute Gasteiger partial charge is 0.378 e. The molecule has 2 aromatic rings. The van der Waals surface area contributed by atoms with Crippen LogP contribution < -0.4 is 5.32 Å². The summed E-state index contributed by atoms with van der Waals surface area (Å²) in [6.07, 6.45) is 0. The molecule has 1 unspecified atom stereocenters. The van der Waals surface area contributed by atoms with Crippen LogP contribution >= 0.6 is 23.2 Å². The van der Waals surface area contributed by atoms with Crippen LogP contribution in [-0.2, 0) is 0 Å². The van der Waals surface area contributed by atoms with Crippen LogP contribution in [0.1, 0.15) is 43.9 Å². The highest BCUT2D eigenvalue weighted by atomic mass is 35.5. The molecule has 0 aromatic heterocycles. The lowest BCUT2D eigenvalue weighted by molar-refractivity contribution is 0.624. The molecule has 0 aliphatic heterocycles. The van der Waals surface area contributed by atoms with Gasteiger partial charge in [-0.2, -0.15) is 0 Å². The van der Waals surface area contributed by atoms with Gasteiger partial charge in [-0.15, -0.1) is 0 Å². The molecule has 0 bridgehead atoms. The average molecular weight is 326 g/mol. The van der Waals surface area contributed by atoms with Crippen molar-refractivity contribution in [3.63, 3.8) is 0 Å². The van der Waals surface area contributed by atoms with Crippen LogP contribution in [-0.4, -0.2) is 0 Å². The van der Waals surface area contributed by atoms with E-state index in [4.69, 9.17) is 23.2 Å². The van der Waals surface area contributed by atoms with Crippen LogP contribution in [0, 0.1) is 5.82 Å². The molecule has 4 heteroatoms. The summed E-state index contributed by atoms with van der Waals surface area (Å²) in [6.45, 7) is 6.23. The molecule has 0 heterocycles. The van der Waals surface area contributed by atoms with Gasteiger partial charge in [0.1, 0.15) is 5.82 Å². The van der Waals surface area contributed by atoms with Crippen LogP contribution in [0.15, 0.2) is 36.4 Å². The van der Waals surface area contributed by atoms with E-state index in [0.717, 1.165) is 5.69 Å². The van der Waals surface area contributed by atoms with Gasteiger partial charge in [0.05, 0.1) is 11.1 Å². The van der Waals surface area contributed by atoms with Crippen LogP contribution in [0.5, 0.6) is 0 Å². The molecule has 1 nitrogen and oxygen atoms in total. The maximum Gasteiger partial charge on any atom is 0.142 e. The van der Waals surface area contributed by atoms with Crippen molar-refractivity contribution in [3.8, 4) is 0 Å². The van der Waals surface area contributed by atoms with Gasteiger partial charge in [0.25, 0.3) is 0 Å². The highest BCUT2D eigenvalue weighted by molar-refractivity contribution is 6.35. The zero-order valence-electron chi connectivity index (χ0n) is 12.3. The molecule has 0 radical (unpaired) electrons. The van der Waals surface area contributed by atoms with Gasteiger partial charge < -0.3 is 5.32 Å². The van der Waals surface area contributed by atoms with Crippen LogP contribution in [0.2, 0.25) is 10.0 Å². The van der Waals surface area contributed by atoms with Crippen molar-refractivity contribution in [2.24, 2.45) is 0 Å². The van der Waals surface area contributed by atoms with Crippen molar-refractivity contribution in [1.29, 1.82) is 0 Å². The Morgan fingerprint density at radius 3 is 2.38 bits per heavy atom. The Morgan fingerprint density at radius 1 is 1.00 bits per heavy atom. The minimum atomic E-state index is -0.458. The van der Waals surface area contributed by atoms with E-state index in [2.05, 4.69) is 31.3 Å². The van der Waals surface area contributed by atoms with Crippen LogP contribution in [0.3, 0.4) is 0 Å². The third kappa shape index (κ3) is 3.90. The number of benzene rings is 2. The number of rotatable bonds is 4. The van der Waals surface area contributed by atoms with E-state index < -0.39 is 5.82 Å². The van der Waals surface area contributed by atoms with Gasteiger partial charge in [-0.3, -0.25) is 0 Å². The smallest absolute Gasteiger partial charge is 0.142 e. The molecule has 0 aliphatic carbocycles. The van der Waals surface area contributed by atoms with Crippen molar-refractivity contribution < 1.29 is 4.39 Å². The zero-order valence-corrected chi connectivity index (χ0v) is 13.8. The Kier molecular flexibility index (Phi) is 5.13. The predicted molar refractivity (Wildman–Crippen MR) is 89.0 cm³/mol. The lowest BCUT2D eigenvalue weighted by Gasteiger charge is -2.18. The lowest BCUT2D eigenvalue weighted by Crippen LogP contribution is -2.08. The first-order valence-electron chi connectivity index (χ1n) is 6.89. The first-order valence-corrected chi connectivity index (χ1v) is 7.65. The normalized spacial score (nSPS) is 12.5. The fourth-order valence-electron chi connectivity index (χ4n) is 2.19. The van der Waals surface area contributed by atoms with Gasteiger partial charge in [-0.1, -0.05) is 49.2 Å². The number of anilines is 1. The van der Waals surface area contributed by atoms with Crippen molar-refractivity contribution in [2.75, 3.05) is 5.32 Å². The highest BCUT2D eigenvalue weighted by Gasteiger charge is 2.13. The molecular weight excluding hydrogens is 308 g/mol. The molecule has 112 valence electrons. The molecule has 0 spiro atoms. The van der Waals surface area contributed by atoms with E-state index in [-0.39, 0.29) is 11.1 Å². The van der Waals surface area contributed by atoms with E-state index in [9.17, 15) is 4.39 Å². The Balaban J connectivity index is 2.24. The van der Waals surface area contributed by atoms with E-state index in [0.29, 0.717) is 16.5 Å². The lowest BCUT2D eigenvalue weighted by atomic mass is 10.0. The number of hydrogen-bond donors (Lipinski definition) is 1. The van der Waals surface area contributed by atoms with Gasteiger partial charge in [-0.05, 0) is 48.2 Å². The number of hydrogen-bond acceptors (Lipinski definition) is 1. The second kappa shape index (κ2) is 6.67. The summed E-state index contributed by atoms with van der Waals surface area (Å²) < 4.78 is 13.6. The van der Waals surface area contributed by atoms with E-state index >= 15 is 0 Å². The maximum absolute atomic E-state index is 13.6. The Bertz CT molecular complexity index is 641. The molecule has 1 atom stereocenters. The standard InChI is InChI=1S/C17H18Cl2FN/c1-10(2)12-5-4-6-13(7-12)21-11(3)14-8-17(20)16(19)9-15(14)18/h4-11,21H,1-3H3. The summed E-state index contributed by atoms with van der Waals surface area (Å²) in [5.41, 5.74) is 2.93. The van der Waals surface area contributed by atoms with Crippen molar-refractivity contribution >= 4 is 28.9 Å². The third-order valence-corrected chi connectivity index (χ3v) is 4.06. The average Bonchev–Trinajstić information content (AvgIpc) is 2.43. The summed E-state index contributed by atoms with van der Waals surface area (Å²) in [6, 6.07) is 10.9. The SMILES string of the molecule is CC(C)c1cccc(NC(C)c2cc(F)c(Cl)cc2Cl)c1. The molecular formula is C17H18Cl2FN. The molecule has 2 rings (SSSR count). The third-order valence-electron chi connectivity index (χ3n) is 3.44. The fourth-order valence-corrected chi connectivity index (χ4v) is 2.73. The molecule has 0 saturated carbocycles. The fraction of sp³-hybridized carbons (Fsp3) is 0.294. The first-order chi connectivity index (χ1) is 9.88. The summed E-state index contributed by atoms with van der Waals surface area (Å²) in [7, 11) is 0. The predicted octanol–water partition coefficient (Wildman–Crippen LogP) is 6.43. The van der Waals surface area contributed by atoms with Crippen LogP contribution in [0.25, 0.3) is 0 Å². The van der Waals surface area contributed by atoms with E-state index in [1.165, 1.54) is 17.7 Å². The van der Waals surface area contributed by atoms with Gasteiger partial charge >= 0.3 is 0 Å². The second-order valence-corrected chi connectivity index (χ2v) is 6.25. The first kappa shape index (κ1) is 16.1. The van der Waals surface area contributed by atoms with Crippen molar-refractivity contribution in [3.05, 3.63) is 63.4 Å². The van der Waals surface area contributed by atoms with Crippen molar-refractivity contribution in [2.45, 2.75) is 32.7 Å². The number of halogens is 3. The Labute approximate surface area is 135 Å². The summed E-state index contributed by atoms with van der Waals surface area (Å²) in [5.74, 6) is -0.000678. The van der Waals surface area contributed by atoms with Gasteiger partial charge in [-0.25, -0.2) is 4.39 Å². The molecule has 0 amide bonds. The Morgan fingerprint density at radius 2 is 1.71 bits per heavy atom. The molecule has 2 aromatic carbocycles. The zero-order chi connectivity index (χ0) is 15.6. The second-order valence-electron chi connectivity index (χ2n) is 5.43. The molecule has 0 saturated heterocycles. The molecule has 21 heavy (non-hydrogen) atoms. The Hall–Kier alpha value is -1.25. The minimum Gasteiger partial charge on any atom is -0.378 e. The minimum absolute atomic E-state index is 0.0396. The summed E-state index contributed by atoms with van der Waals surface area (Å²) in [5, 5.41) is 3.85. The number of nitrogens with one attached hydrogen (secondary N) is 1. The summed E-state index contributed by atoms with van der Waals surface area (Å²) in [4.78, 5) is 0. The summed E-state index contributed by atoms with van der Waals surface area (Å²) >= 11 is 11.9. The molecule has 0 aliphatic rings. The maximum atomic E-state index is 13.6. The van der Waals surface area contributed by atoms with Gasteiger partial charge in [0, 0.05) is 10.7 Å². The van der Waals surface area contributed by atoms with Gasteiger partial charge in [0.2, 0.25) is 0 Å². The highest BCUT2D eigenvalue weighted by Crippen LogP contribution is 2.31. The molecule has 0 fully saturated rings. The monoisotopic (exact) mass is 325 g/mol. The topological polar surface area (TPSA) is 12.0 Å². The van der Waals surface area contributed by atoms with Crippen molar-refractivity contribution in [1.82, 2.24) is 0 Å².